The Balaban J connectivity index is 2.18. The summed E-state index contributed by atoms with van der Waals surface area (Å²) in [6.45, 7) is 4.25. The van der Waals surface area contributed by atoms with Crippen LogP contribution < -0.4 is 0 Å². The number of rotatable bonds is 3. The lowest BCUT2D eigenvalue weighted by Gasteiger charge is -2.16. The van der Waals surface area contributed by atoms with Crippen LogP contribution in [0.4, 0.5) is 0 Å². The number of carbonyl (C=O) groups is 1. The van der Waals surface area contributed by atoms with Crippen molar-refractivity contribution in [2.24, 2.45) is 5.92 Å². The molecule has 1 fully saturated rings. The number of carbonyl (C=O) groups excluding carboxylic acids is 1. The average molecular weight is 170 g/mol. The molecule has 0 aromatic carbocycles. The van der Waals surface area contributed by atoms with Crippen molar-refractivity contribution in [2.75, 3.05) is 19.7 Å². The Kier molecular flexibility index (Phi) is 3.53. The van der Waals surface area contributed by atoms with Crippen LogP contribution in [0.25, 0.3) is 0 Å². The Labute approximate surface area is 73.7 Å². The van der Waals surface area contributed by atoms with Gasteiger partial charge in [0.25, 0.3) is 0 Å². The van der Waals surface area contributed by atoms with Crippen molar-refractivity contribution in [3.05, 3.63) is 7.05 Å². The van der Waals surface area contributed by atoms with Gasteiger partial charge < -0.3 is 9.64 Å². The van der Waals surface area contributed by atoms with Crippen molar-refractivity contribution in [1.82, 2.24) is 4.90 Å². The number of likely N-dealkylation sites (tertiary alicyclic amines) is 1. The van der Waals surface area contributed by atoms with Crippen LogP contribution in [0.15, 0.2) is 0 Å². The molecule has 0 amide bonds. The van der Waals surface area contributed by atoms with E-state index in [2.05, 4.69) is 7.05 Å². The Morgan fingerprint density at radius 2 is 2.50 bits per heavy atom. The van der Waals surface area contributed by atoms with Crippen LogP contribution in [-0.2, 0) is 9.53 Å². The molecule has 0 aliphatic carbocycles. The maximum absolute atomic E-state index is 11.0. The van der Waals surface area contributed by atoms with Gasteiger partial charge in [0.1, 0.15) is 0 Å². The summed E-state index contributed by atoms with van der Waals surface area (Å²) in [5, 5.41) is 0. The van der Waals surface area contributed by atoms with Gasteiger partial charge in [-0.1, -0.05) is 0 Å². The van der Waals surface area contributed by atoms with Crippen LogP contribution in [-0.4, -0.2) is 30.6 Å². The van der Waals surface area contributed by atoms with Crippen molar-refractivity contribution in [3.8, 4) is 0 Å². The third-order valence-electron chi connectivity index (χ3n) is 2.13. The number of hydrogen-bond acceptors (Lipinski definition) is 3. The molecule has 1 saturated heterocycles. The molecule has 1 rings (SSSR count). The molecular weight excluding hydrogens is 154 g/mol. The fourth-order valence-corrected chi connectivity index (χ4v) is 1.54. The van der Waals surface area contributed by atoms with Gasteiger partial charge in [0.05, 0.1) is 6.61 Å². The Hall–Kier alpha value is -0.570. The highest BCUT2D eigenvalue weighted by molar-refractivity contribution is 5.69. The minimum absolute atomic E-state index is 0.0715. The van der Waals surface area contributed by atoms with E-state index in [1.54, 1.807) is 0 Å². The highest BCUT2D eigenvalue weighted by Crippen LogP contribution is 2.18. The summed E-state index contributed by atoms with van der Waals surface area (Å²) in [5.41, 5.74) is 0. The summed E-state index contributed by atoms with van der Waals surface area (Å²) in [6, 6.07) is 0. The lowest BCUT2D eigenvalue weighted by Crippen LogP contribution is -2.15. The molecule has 1 aliphatic heterocycles. The second-order valence-electron chi connectivity index (χ2n) is 3.24. The fraction of sp³-hybridized carbons (Fsp3) is 0.778. The molecule has 0 bridgehead atoms. The summed E-state index contributed by atoms with van der Waals surface area (Å²) >= 11 is 0. The Morgan fingerprint density at radius 1 is 1.75 bits per heavy atom. The number of esters is 1. The zero-order chi connectivity index (χ0) is 8.97. The molecule has 0 N–H and O–H groups in total. The predicted octanol–water partition coefficient (Wildman–Crippen LogP) is 1.05. The van der Waals surface area contributed by atoms with Gasteiger partial charge in [0, 0.05) is 6.42 Å². The van der Waals surface area contributed by atoms with Gasteiger partial charge >= 0.3 is 5.97 Å². The van der Waals surface area contributed by atoms with Crippen molar-refractivity contribution >= 4 is 5.97 Å². The lowest BCUT2D eigenvalue weighted by molar-refractivity contribution is -0.144. The molecule has 3 heteroatoms. The van der Waals surface area contributed by atoms with Gasteiger partial charge in [-0.05, 0) is 32.4 Å². The number of nitrogens with zero attached hydrogens (tertiary/aromatic N) is 1. The molecule has 0 spiro atoms. The second kappa shape index (κ2) is 4.45. The van der Waals surface area contributed by atoms with Gasteiger partial charge in [-0.3, -0.25) is 11.8 Å². The topological polar surface area (TPSA) is 29.5 Å². The smallest absolute Gasteiger partial charge is 0.306 e. The number of hydrogen-bond donors (Lipinski definition) is 0. The SMILES string of the molecule is [CH2-]N1CCC(CC(=O)OCC)C1. The van der Waals surface area contributed by atoms with Gasteiger partial charge in [0.15, 0.2) is 0 Å². The molecule has 1 atom stereocenters. The standard InChI is InChI=1S/C9H16NO2/c1-3-12-9(11)6-8-4-5-10(2)7-8/h8H,2-7H2,1H3/q-1. The van der Waals surface area contributed by atoms with E-state index >= 15 is 0 Å². The normalized spacial score (nSPS) is 24.3. The molecule has 0 aromatic heterocycles. The maximum Gasteiger partial charge on any atom is 0.306 e. The van der Waals surface area contributed by atoms with E-state index in [4.69, 9.17) is 4.74 Å². The molecule has 12 heavy (non-hydrogen) atoms. The largest absolute Gasteiger partial charge is 0.466 e. The van der Waals surface area contributed by atoms with Gasteiger partial charge in [-0.2, -0.15) is 0 Å². The molecule has 1 aliphatic rings. The van der Waals surface area contributed by atoms with Crippen molar-refractivity contribution in [1.29, 1.82) is 0 Å². The van der Waals surface area contributed by atoms with Crippen molar-refractivity contribution < 1.29 is 9.53 Å². The van der Waals surface area contributed by atoms with E-state index in [0.29, 0.717) is 18.9 Å². The Morgan fingerprint density at radius 3 is 3.00 bits per heavy atom. The van der Waals surface area contributed by atoms with Crippen LogP contribution in [0.2, 0.25) is 0 Å². The summed E-state index contributed by atoms with van der Waals surface area (Å²) in [5.74, 6) is 0.388. The van der Waals surface area contributed by atoms with Crippen LogP contribution in [0.1, 0.15) is 19.8 Å². The molecule has 70 valence electrons. The van der Waals surface area contributed by atoms with Crippen LogP contribution in [0, 0.1) is 13.0 Å². The quantitative estimate of drug-likeness (QED) is 0.468. The zero-order valence-electron chi connectivity index (χ0n) is 7.58. The minimum atomic E-state index is -0.0715. The first-order valence-corrected chi connectivity index (χ1v) is 4.43. The fourth-order valence-electron chi connectivity index (χ4n) is 1.54. The monoisotopic (exact) mass is 170 g/mol. The first-order valence-electron chi connectivity index (χ1n) is 4.43. The van der Waals surface area contributed by atoms with Crippen LogP contribution in [0.3, 0.4) is 0 Å². The van der Waals surface area contributed by atoms with E-state index in [1.165, 1.54) is 0 Å². The molecular formula is C9H16NO2-. The second-order valence-corrected chi connectivity index (χ2v) is 3.24. The van der Waals surface area contributed by atoms with Crippen molar-refractivity contribution in [2.45, 2.75) is 19.8 Å². The average Bonchev–Trinajstić information content (AvgIpc) is 2.36. The number of ether oxygens (including phenoxy) is 1. The summed E-state index contributed by atoms with van der Waals surface area (Å²) < 4.78 is 4.86. The van der Waals surface area contributed by atoms with Gasteiger partial charge in [-0.15, -0.1) is 0 Å². The van der Waals surface area contributed by atoms with Gasteiger partial charge in [-0.25, -0.2) is 0 Å². The minimum Gasteiger partial charge on any atom is -0.466 e. The van der Waals surface area contributed by atoms with E-state index in [0.717, 1.165) is 19.5 Å². The van der Waals surface area contributed by atoms with E-state index in [-0.39, 0.29) is 5.97 Å². The lowest BCUT2D eigenvalue weighted by atomic mass is 10.1. The zero-order valence-corrected chi connectivity index (χ0v) is 7.58. The highest BCUT2D eigenvalue weighted by atomic mass is 16.5. The highest BCUT2D eigenvalue weighted by Gasteiger charge is 2.19. The van der Waals surface area contributed by atoms with E-state index in [9.17, 15) is 4.79 Å². The third-order valence-corrected chi connectivity index (χ3v) is 2.13. The molecule has 0 radical (unpaired) electrons. The van der Waals surface area contributed by atoms with Gasteiger partial charge in [0.2, 0.25) is 0 Å². The predicted molar refractivity (Wildman–Crippen MR) is 46.3 cm³/mol. The summed E-state index contributed by atoms with van der Waals surface area (Å²) in [6.07, 6.45) is 1.63. The summed E-state index contributed by atoms with van der Waals surface area (Å²) in [7, 11) is 3.82. The molecule has 1 unspecified atom stereocenters. The summed E-state index contributed by atoms with van der Waals surface area (Å²) in [4.78, 5) is 13.0. The molecule has 3 nitrogen and oxygen atoms in total. The first kappa shape index (κ1) is 9.52. The van der Waals surface area contributed by atoms with E-state index in [1.807, 2.05) is 11.8 Å². The molecule has 1 heterocycles. The first-order chi connectivity index (χ1) is 5.72. The molecule has 0 aromatic rings. The van der Waals surface area contributed by atoms with Crippen LogP contribution >= 0.6 is 0 Å². The third kappa shape index (κ3) is 2.81. The van der Waals surface area contributed by atoms with Crippen molar-refractivity contribution in [3.63, 3.8) is 0 Å². The molecule has 0 saturated carbocycles. The Bertz CT molecular complexity index is 159. The van der Waals surface area contributed by atoms with Crippen LogP contribution in [0.5, 0.6) is 0 Å². The van der Waals surface area contributed by atoms with E-state index < -0.39 is 0 Å². The maximum atomic E-state index is 11.0.